The van der Waals surface area contributed by atoms with Crippen LogP contribution >= 0.6 is 11.6 Å². The summed E-state index contributed by atoms with van der Waals surface area (Å²) in [6, 6.07) is 0. The Hall–Kier alpha value is 0.210. The lowest BCUT2D eigenvalue weighted by Gasteiger charge is -2.16. The van der Waals surface area contributed by atoms with Crippen molar-refractivity contribution in [1.29, 1.82) is 0 Å². The molecule has 2 fully saturated rings. The van der Waals surface area contributed by atoms with Crippen LogP contribution in [0.25, 0.3) is 0 Å². The SMILES string of the molecule is OC1CCC2CN(CCCCl)CC12. The van der Waals surface area contributed by atoms with Crippen LogP contribution < -0.4 is 0 Å². The molecule has 0 aromatic rings. The third kappa shape index (κ3) is 2.00. The maximum Gasteiger partial charge on any atom is 0.0583 e. The Morgan fingerprint density at radius 3 is 2.85 bits per heavy atom. The van der Waals surface area contributed by atoms with E-state index < -0.39 is 0 Å². The molecule has 1 aliphatic carbocycles. The van der Waals surface area contributed by atoms with Crippen molar-refractivity contribution in [2.45, 2.75) is 25.4 Å². The number of hydrogen-bond acceptors (Lipinski definition) is 2. The molecule has 1 N–H and O–H groups in total. The highest BCUT2D eigenvalue weighted by atomic mass is 35.5. The van der Waals surface area contributed by atoms with Crippen LogP contribution in [-0.4, -0.2) is 41.6 Å². The molecule has 0 bridgehead atoms. The Balaban J connectivity index is 1.81. The van der Waals surface area contributed by atoms with Crippen molar-refractivity contribution in [3.63, 3.8) is 0 Å². The van der Waals surface area contributed by atoms with E-state index in [4.69, 9.17) is 11.6 Å². The van der Waals surface area contributed by atoms with Gasteiger partial charge < -0.3 is 10.0 Å². The van der Waals surface area contributed by atoms with Crippen molar-refractivity contribution in [2.75, 3.05) is 25.5 Å². The van der Waals surface area contributed by atoms with Gasteiger partial charge in [0.1, 0.15) is 0 Å². The summed E-state index contributed by atoms with van der Waals surface area (Å²) >= 11 is 5.65. The van der Waals surface area contributed by atoms with Gasteiger partial charge in [-0.1, -0.05) is 0 Å². The van der Waals surface area contributed by atoms with E-state index in [-0.39, 0.29) is 6.10 Å². The Morgan fingerprint density at radius 1 is 1.31 bits per heavy atom. The molecule has 1 heterocycles. The fraction of sp³-hybridized carbons (Fsp3) is 1.00. The van der Waals surface area contributed by atoms with Gasteiger partial charge in [0, 0.05) is 24.9 Å². The van der Waals surface area contributed by atoms with E-state index in [1.807, 2.05) is 0 Å². The first-order chi connectivity index (χ1) is 6.31. The molecule has 3 unspecified atom stereocenters. The number of hydrogen-bond donors (Lipinski definition) is 1. The maximum absolute atomic E-state index is 9.69. The van der Waals surface area contributed by atoms with Gasteiger partial charge in [-0.05, 0) is 31.7 Å². The average Bonchev–Trinajstić information content (AvgIpc) is 2.65. The summed E-state index contributed by atoms with van der Waals surface area (Å²) in [7, 11) is 0. The second kappa shape index (κ2) is 4.16. The topological polar surface area (TPSA) is 23.5 Å². The lowest BCUT2D eigenvalue weighted by molar-refractivity contribution is 0.124. The highest BCUT2D eigenvalue weighted by Gasteiger charge is 2.41. The number of aliphatic hydroxyl groups excluding tert-OH is 1. The van der Waals surface area contributed by atoms with Crippen LogP contribution in [0.4, 0.5) is 0 Å². The molecule has 0 radical (unpaired) electrons. The Morgan fingerprint density at radius 2 is 2.15 bits per heavy atom. The van der Waals surface area contributed by atoms with Crippen molar-refractivity contribution in [2.24, 2.45) is 11.8 Å². The molecule has 76 valence electrons. The number of rotatable bonds is 3. The van der Waals surface area contributed by atoms with E-state index in [1.54, 1.807) is 0 Å². The zero-order chi connectivity index (χ0) is 9.26. The lowest BCUT2D eigenvalue weighted by atomic mass is 10.00. The summed E-state index contributed by atoms with van der Waals surface area (Å²) < 4.78 is 0. The predicted molar refractivity (Wildman–Crippen MR) is 54.0 cm³/mol. The van der Waals surface area contributed by atoms with Gasteiger partial charge in [-0.25, -0.2) is 0 Å². The van der Waals surface area contributed by atoms with Gasteiger partial charge in [-0.15, -0.1) is 11.6 Å². The van der Waals surface area contributed by atoms with Gasteiger partial charge in [0.25, 0.3) is 0 Å². The third-order valence-corrected chi connectivity index (χ3v) is 3.77. The molecular weight excluding hydrogens is 186 g/mol. The molecule has 1 aliphatic heterocycles. The van der Waals surface area contributed by atoms with Crippen molar-refractivity contribution < 1.29 is 5.11 Å². The third-order valence-electron chi connectivity index (χ3n) is 3.50. The van der Waals surface area contributed by atoms with Crippen molar-refractivity contribution in [3.8, 4) is 0 Å². The Labute approximate surface area is 84.9 Å². The van der Waals surface area contributed by atoms with Gasteiger partial charge in [0.05, 0.1) is 6.10 Å². The molecule has 2 rings (SSSR count). The summed E-state index contributed by atoms with van der Waals surface area (Å²) in [4.78, 5) is 2.46. The minimum atomic E-state index is -0.0222. The normalized spacial score (nSPS) is 39.7. The molecule has 1 saturated heterocycles. The lowest BCUT2D eigenvalue weighted by Crippen LogP contribution is -2.25. The summed E-state index contributed by atoms with van der Waals surface area (Å²) in [5, 5.41) is 9.69. The number of nitrogens with zero attached hydrogens (tertiary/aromatic N) is 1. The Bertz CT molecular complexity index is 176. The van der Waals surface area contributed by atoms with E-state index >= 15 is 0 Å². The largest absolute Gasteiger partial charge is 0.393 e. The molecule has 2 aliphatic rings. The van der Waals surface area contributed by atoms with E-state index in [2.05, 4.69) is 4.90 Å². The highest BCUT2D eigenvalue weighted by Crippen LogP contribution is 2.37. The first kappa shape index (κ1) is 9.75. The molecule has 3 heteroatoms. The maximum atomic E-state index is 9.69. The molecule has 3 atom stereocenters. The second-order valence-corrected chi connectivity index (χ2v) is 4.75. The molecule has 2 nitrogen and oxygen atoms in total. The molecule has 0 aromatic heterocycles. The fourth-order valence-electron chi connectivity index (χ4n) is 2.79. The highest BCUT2D eigenvalue weighted by molar-refractivity contribution is 6.17. The second-order valence-electron chi connectivity index (χ2n) is 4.37. The number of fused-ring (bicyclic) bond motifs is 1. The van der Waals surface area contributed by atoms with E-state index in [0.29, 0.717) is 5.92 Å². The van der Waals surface area contributed by atoms with Crippen molar-refractivity contribution >= 4 is 11.6 Å². The summed E-state index contributed by atoms with van der Waals surface area (Å²) in [5.74, 6) is 2.09. The van der Waals surface area contributed by atoms with Crippen LogP contribution in [0.5, 0.6) is 0 Å². The quantitative estimate of drug-likeness (QED) is 0.700. The summed E-state index contributed by atoms with van der Waals surface area (Å²) in [6.07, 6.45) is 3.31. The van der Waals surface area contributed by atoms with E-state index in [0.717, 1.165) is 37.7 Å². The molecule has 0 aromatic carbocycles. The smallest absolute Gasteiger partial charge is 0.0583 e. The molecule has 13 heavy (non-hydrogen) atoms. The Kier molecular flexibility index (Phi) is 3.12. The minimum Gasteiger partial charge on any atom is -0.393 e. The first-order valence-electron chi connectivity index (χ1n) is 5.27. The van der Waals surface area contributed by atoms with Crippen LogP contribution in [0.15, 0.2) is 0 Å². The van der Waals surface area contributed by atoms with Crippen LogP contribution in [0.3, 0.4) is 0 Å². The number of alkyl halides is 1. The van der Waals surface area contributed by atoms with Crippen molar-refractivity contribution in [3.05, 3.63) is 0 Å². The van der Waals surface area contributed by atoms with Crippen molar-refractivity contribution in [1.82, 2.24) is 4.90 Å². The fourth-order valence-corrected chi connectivity index (χ4v) is 2.91. The number of likely N-dealkylation sites (tertiary alicyclic amines) is 1. The number of aliphatic hydroxyl groups is 1. The van der Waals surface area contributed by atoms with Crippen LogP contribution in [0.1, 0.15) is 19.3 Å². The molecule has 0 spiro atoms. The van der Waals surface area contributed by atoms with Gasteiger partial charge in [0.2, 0.25) is 0 Å². The molecule has 1 saturated carbocycles. The monoisotopic (exact) mass is 203 g/mol. The zero-order valence-corrected chi connectivity index (χ0v) is 8.71. The van der Waals surface area contributed by atoms with Crippen LogP contribution in [0.2, 0.25) is 0 Å². The predicted octanol–water partition coefficient (Wildman–Crippen LogP) is 1.32. The first-order valence-corrected chi connectivity index (χ1v) is 5.81. The summed E-state index contributed by atoms with van der Waals surface area (Å²) in [6.45, 7) is 3.41. The average molecular weight is 204 g/mol. The van der Waals surface area contributed by atoms with Gasteiger partial charge in [0.15, 0.2) is 0 Å². The molecule has 0 amide bonds. The van der Waals surface area contributed by atoms with Gasteiger partial charge in [-0.3, -0.25) is 0 Å². The minimum absolute atomic E-state index is 0.0222. The van der Waals surface area contributed by atoms with Gasteiger partial charge in [-0.2, -0.15) is 0 Å². The van der Waals surface area contributed by atoms with Crippen LogP contribution in [-0.2, 0) is 0 Å². The number of halogens is 1. The standard InChI is InChI=1S/C10H18ClNO/c11-4-1-5-12-6-8-2-3-10(13)9(8)7-12/h8-10,13H,1-7H2. The van der Waals surface area contributed by atoms with Crippen LogP contribution in [0, 0.1) is 11.8 Å². The summed E-state index contributed by atoms with van der Waals surface area (Å²) in [5.41, 5.74) is 0. The van der Waals surface area contributed by atoms with E-state index in [9.17, 15) is 5.11 Å². The molecular formula is C10H18ClNO. The van der Waals surface area contributed by atoms with Gasteiger partial charge >= 0.3 is 0 Å². The zero-order valence-electron chi connectivity index (χ0n) is 7.95. The van der Waals surface area contributed by atoms with E-state index in [1.165, 1.54) is 13.0 Å².